The van der Waals surface area contributed by atoms with Crippen molar-refractivity contribution in [3.05, 3.63) is 0 Å². The molecule has 0 aromatic carbocycles. The van der Waals surface area contributed by atoms with Crippen LogP contribution in [0.15, 0.2) is 0 Å². The molecule has 16 heavy (non-hydrogen) atoms. The van der Waals surface area contributed by atoms with Crippen molar-refractivity contribution >= 4 is 0 Å². The second-order valence-electron chi connectivity index (χ2n) is 5.21. The molecule has 0 aromatic heterocycles. The van der Waals surface area contributed by atoms with Crippen LogP contribution < -0.4 is 5.32 Å². The van der Waals surface area contributed by atoms with Crippen LogP contribution in [0.4, 0.5) is 0 Å². The highest BCUT2D eigenvalue weighted by Gasteiger charge is 2.23. The summed E-state index contributed by atoms with van der Waals surface area (Å²) in [5, 5.41) is 3.49. The monoisotopic (exact) mass is 227 g/mol. The summed E-state index contributed by atoms with van der Waals surface area (Å²) in [6.45, 7) is 12.9. The van der Waals surface area contributed by atoms with E-state index < -0.39 is 0 Å². The van der Waals surface area contributed by atoms with Crippen LogP contribution in [-0.4, -0.2) is 61.7 Å². The van der Waals surface area contributed by atoms with Gasteiger partial charge in [-0.3, -0.25) is 4.90 Å². The fourth-order valence-electron chi connectivity index (χ4n) is 2.27. The molecule has 0 aliphatic carbocycles. The van der Waals surface area contributed by atoms with Gasteiger partial charge in [0.2, 0.25) is 0 Å². The van der Waals surface area contributed by atoms with Gasteiger partial charge in [0, 0.05) is 31.7 Å². The molecule has 0 bridgehead atoms. The second-order valence-corrected chi connectivity index (χ2v) is 5.21. The van der Waals surface area contributed by atoms with Crippen molar-refractivity contribution < 1.29 is 0 Å². The van der Waals surface area contributed by atoms with E-state index in [0.29, 0.717) is 6.04 Å². The highest BCUT2D eigenvalue weighted by atomic mass is 15.3. The van der Waals surface area contributed by atoms with Crippen molar-refractivity contribution in [2.75, 3.05) is 39.8 Å². The molecular weight excluding hydrogens is 198 g/mol. The van der Waals surface area contributed by atoms with Crippen molar-refractivity contribution in [3.8, 4) is 0 Å². The minimum Gasteiger partial charge on any atom is -0.317 e. The Kier molecular flexibility index (Phi) is 6.32. The zero-order valence-electron chi connectivity index (χ0n) is 11.5. The van der Waals surface area contributed by atoms with Crippen LogP contribution in [-0.2, 0) is 0 Å². The molecule has 1 N–H and O–H groups in total. The van der Waals surface area contributed by atoms with Crippen molar-refractivity contribution in [2.45, 2.75) is 45.7 Å². The molecule has 0 aromatic rings. The van der Waals surface area contributed by atoms with Crippen molar-refractivity contribution in [3.63, 3.8) is 0 Å². The highest BCUT2D eigenvalue weighted by Crippen LogP contribution is 2.11. The Labute approximate surface area is 101 Å². The Bertz CT molecular complexity index is 184. The van der Waals surface area contributed by atoms with Gasteiger partial charge in [0.15, 0.2) is 0 Å². The van der Waals surface area contributed by atoms with E-state index in [1.165, 1.54) is 32.5 Å². The molecule has 0 spiro atoms. The van der Waals surface area contributed by atoms with Crippen molar-refractivity contribution in [2.24, 2.45) is 0 Å². The first-order valence-electron chi connectivity index (χ1n) is 6.80. The molecule has 1 aliphatic heterocycles. The molecule has 3 nitrogen and oxygen atoms in total. The summed E-state index contributed by atoms with van der Waals surface area (Å²) in [6, 6.07) is 1.43. The van der Waals surface area contributed by atoms with E-state index in [1.807, 2.05) is 0 Å². The molecule has 2 unspecified atom stereocenters. The van der Waals surface area contributed by atoms with Crippen LogP contribution >= 0.6 is 0 Å². The van der Waals surface area contributed by atoms with Gasteiger partial charge in [-0.2, -0.15) is 0 Å². The summed E-state index contributed by atoms with van der Waals surface area (Å²) in [5.74, 6) is 0. The first-order valence-corrected chi connectivity index (χ1v) is 6.80. The largest absolute Gasteiger partial charge is 0.317 e. The predicted octanol–water partition coefficient (Wildman–Crippen LogP) is 1.40. The Balaban J connectivity index is 2.18. The van der Waals surface area contributed by atoms with E-state index in [4.69, 9.17) is 0 Å². The van der Waals surface area contributed by atoms with Gasteiger partial charge in [-0.1, -0.05) is 6.92 Å². The molecule has 0 saturated carbocycles. The lowest BCUT2D eigenvalue weighted by Crippen LogP contribution is -2.53. The molecule has 3 heteroatoms. The van der Waals surface area contributed by atoms with Crippen LogP contribution in [0.1, 0.15) is 33.6 Å². The molecule has 0 amide bonds. The van der Waals surface area contributed by atoms with Gasteiger partial charge in [0.1, 0.15) is 0 Å². The predicted molar refractivity (Wildman–Crippen MR) is 70.9 cm³/mol. The van der Waals surface area contributed by atoms with E-state index >= 15 is 0 Å². The minimum atomic E-state index is 0.708. The molecule has 96 valence electrons. The number of likely N-dealkylation sites (N-methyl/N-ethyl adjacent to an activating group) is 1. The molecular formula is C13H29N3. The maximum absolute atomic E-state index is 3.49. The van der Waals surface area contributed by atoms with Gasteiger partial charge in [-0.05, 0) is 46.8 Å². The number of piperazine rings is 1. The summed E-state index contributed by atoms with van der Waals surface area (Å²) >= 11 is 0. The zero-order chi connectivity index (χ0) is 12.0. The SMILES string of the molecule is CCCNCCC(C)N1CCN(C)C(C)C1. The molecule has 1 aliphatic rings. The standard InChI is InChI=1S/C13H29N3/c1-5-7-14-8-6-12(2)16-10-9-15(4)13(3)11-16/h12-14H,5-11H2,1-4H3. The quantitative estimate of drug-likeness (QED) is 0.692. The number of rotatable bonds is 6. The summed E-state index contributed by atoms with van der Waals surface area (Å²) < 4.78 is 0. The molecule has 2 atom stereocenters. The zero-order valence-corrected chi connectivity index (χ0v) is 11.5. The first-order chi connectivity index (χ1) is 7.65. The van der Waals surface area contributed by atoms with Crippen LogP contribution in [0.3, 0.4) is 0 Å². The third-order valence-electron chi connectivity index (χ3n) is 3.78. The highest BCUT2D eigenvalue weighted by molar-refractivity contribution is 4.80. The Morgan fingerprint density at radius 2 is 2.06 bits per heavy atom. The minimum absolute atomic E-state index is 0.708. The summed E-state index contributed by atoms with van der Waals surface area (Å²) in [6.07, 6.45) is 2.51. The van der Waals surface area contributed by atoms with Gasteiger partial charge in [0.05, 0.1) is 0 Å². The molecule has 1 rings (SSSR count). The van der Waals surface area contributed by atoms with E-state index in [2.05, 4.69) is 42.9 Å². The Morgan fingerprint density at radius 1 is 1.31 bits per heavy atom. The average Bonchev–Trinajstić information content (AvgIpc) is 2.28. The smallest absolute Gasteiger partial charge is 0.0192 e. The summed E-state index contributed by atoms with van der Waals surface area (Å²) in [5.41, 5.74) is 0. The van der Waals surface area contributed by atoms with E-state index in [9.17, 15) is 0 Å². The molecule has 0 radical (unpaired) electrons. The van der Waals surface area contributed by atoms with Crippen LogP contribution in [0.5, 0.6) is 0 Å². The maximum atomic E-state index is 3.49. The van der Waals surface area contributed by atoms with Gasteiger partial charge < -0.3 is 10.2 Å². The van der Waals surface area contributed by atoms with Crippen molar-refractivity contribution in [1.82, 2.24) is 15.1 Å². The first kappa shape index (κ1) is 13.9. The molecule has 1 heterocycles. The second kappa shape index (κ2) is 7.25. The average molecular weight is 227 g/mol. The lowest BCUT2D eigenvalue weighted by atomic mass is 10.1. The molecule has 1 saturated heterocycles. The van der Waals surface area contributed by atoms with Crippen LogP contribution in [0, 0.1) is 0 Å². The number of hydrogen-bond acceptors (Lipinski definition) is 3. The molecule has 1 fully saturated rings. The number of nitrogens with one attached hydrogen (secondary N) is 1. The van der Waals surface area contributed by atoms with Crippen LogP contribution in [0.2, 0.25) is 0 Å². The fraction of sp³-hybridized carbons (Fsp3) is 1.00. The Morgan fingerprint density at radius 3 is 2.69 bits per heavy atom. The normalized spacial score (nSPS) is 25.9. The third kappa shape index (κ3) is 4.40. The van der Waals surface area contributed by atoms with E-state index in [1.54, 1.807) is 0 Å². The lowest BCUT2D eigenvalue weighted by Gasteiger charge is -2.40. The summed E-state index contributed by atoms with van der Waals surface area (Å²) in [4.78, 5) is 5.09. The lowest BCUT2D eigenvalue weighted by molar-refractivity contribution is 0.0747. The van der Waals surface area contributed by atoms with Crippen molar-refractivity contribution in [1.29, 1.82) is 0 Å². The number of hydrogen-bond donors (Lipinski definition) is 1. The van der Waals surface area contributed by atoms with Crippen LogP contribution in [0.25, 0.3) is 0 Å². The summed E-state index contributed by atoms with van der Waals surface area (Å²) in [7, 11) is 2.23. The maximum Gasteiger partial charge on any atom is 0.0192 e. The van der Waals surface area contributed by atoms with Gasteiger partial charge in [-0.15, -0.1) is 0 Å². The third-order valence-corrected chi connectivity index (χ3v) is 3.78. The fourth-order valence-corrected chi connectivity index (χ4v) is 2.27. The topological polar surface area (TPSA) is 18.5 Å². The van der Waals surface area contributed by atoms with Gasteiger partial charge in [-0.25, -0.2) is 0 Å². The number of nitrogens with zero attached hydrogens (tertiary/aromatic N) is 2. The van der Waals surface area contributed by atoms with Gasteiger partial charge in [0.25, 0.3) is 0 Å². The van der Waals surface area contributed by atoms with E-state index in [-0.39, 0.29) is 0 Å². The van der Waals surface area contributed by atoms with Gasteiger partial charge >= 0.3 is 0 Å². The Hall–Kier alpha value is -0.120. The van der Waals surface area contributed by atoms with E-state index in [0.717, 1.165) is 19.1 Å².